The predicted molar refractivity (Wildman–Crippen MR) is 78.5 cm³/mol. The van der Waals surface area contributed by atoms with Gasteiger partial charge >= 0.3 is 0 Å². The number of aliphatic hydroxyl groups excluding tert-OH is 1. The van der Waals surface area contributed by atoms with Gasteiger partial charge in [-0.25, -0.2) is 0 Å². The predicted octanol–water partition coefficient (Wildman–Crippen LogP) is 3.06. The molecule has 0 spiro atoms. The fraction of sp³-hybridized carbons (Fsp3) is 0.562. The Morgan fingerprint density at radius 3 is 2.89 bits per heavy atom. The maximum absolute atomic E-state index is 9.90. The summed E-state index contributed by atoms with van der Waals surface area (Å²) in [7, 11) is 0. The molecule has 1 aliphatic rings. The van der Waals surface area contributed by atoms with E-state index in [1.165, 1.54) is 32.1 Å². The van der Waals surface area contributed by atoms with Gasteiger partial charge in [-0.15, -0.1) is 0 Å². The minimum Gasteiger partial charge on any atom is -0.387 e. The molecule has 3 N–H and O–H groups in total. The van der Waals surface area contributed by atoms with Crippen molar-refractivity contribution in [1.29, 1.82) is 0 Å². The van der Waals surface area contributed by atoms with E-state index in [9.17, 15) is 5.11 Å². The number of aromatic nitrogens is 1. The van der Waals surface area contributed by atoms with Gasteiger partial charge < -0.3 is 10.8 Å². The number of hydrogen-bond acceptors (Lipinski definition) is 3. The first-order valence-corrected chi connectivity index (χ1v) is 7.32. The van der Waals surface area contributed by atoms with Gasteiger partial charge in [0.1, 0.15) is 0 Å². The first kappa shape index (κ1) is 14.2. The van der Waals surface area contributed by atoms with Crippen molar-refractivity contribution in [2.45, 2.75) is 44.6 Å². The molecule has 2 rings (SSSR count). The van der Waals surface area contributed by atoms with Crippen molar-refractivity contribution >= 4 is 6.08 Å². The number of nitrogens with two attached hydrogens (primary N) is 1. The molecule has 1 atom stereocenters. The monoisotopic (exact) mass is 260 g/mol. The number of nitrogens with zero attached hydrogens (tertiary/aromatic N) is 1. The molecule has 1 fully saturated rings. The van der Waals surface area contributed by atoms with Crippen molar-refractivity contribution in [3.63, 3.8) is 0 Å². The molecule has 3 nitrogen and oxygen atoms in total. The van der Waals surface area contributed by atoms with E-state index in [4.69, 9.17) is 5.73 Å². The standard InChI is InChI=1S/C16H24N2O/c17-10-8-16(19)15-12-14(9-11-18-15)7-6-13-4-2-1-3-5-13/h6-7,9,11-13,16,19H,1-5,8,10,17H2. The normalized spacial score (nSPS) is 18.8. The van der Waals surface area contributed by atoms with Gasteiger partial charge in [-0.3, -0.25) is 4.98 Å². The van der Waals surface area contributed by atoms with Crippen LogP contribution in [0.1, 0.15) is 55.9 Å². The van der Waals surface area contributed by atoms with Gasteiger partial charge in [0.05, 0.1) is 11.8 Å². The Hall–Kier alpha value is -1.19. The first-order chi connectivity index (χ1) is 9.29. The highest BCUT2D eigenvalue weighted by Crippen LogP contribution is 2.25. The van der Waals surface area contributed by atoms with E-state index in [0.29, 0.717) is 13.0 Å². The van der Waals surface area contributed by atoms with Crippen LogP contribution in [0.5, 0.6) is 0 Å². The maximum atomic E-state index is 9.90. The van der Waals surface area contributed by atoms with Crippen molar-refractivity contribution in [2.75, 3.05) is 6.54 Å². The quantitative estimate of drug-likeness (QED) is 0.855. The van der Waals surface area contributed by atoms with Gasteiger partial charge in [0.25, 0.3) is 0 Å². The average Bonchev–Trinajstić information content (AvgIpc) is 2.47. The number of aliphatic hydroxyl groups is 1. The molecule has 1 saturated carbocycles. The lowest BCUT2D eigenvalue weighted by molar-refractivity contribution is 0.165. The summed E-state index contributed by atoms with van der Waals surface area (Å²) in [4.78, 5) is 4.21. The zero-order valence-corrected chi connectivity index (χ0v) is 11.5. The summed E-state index contributed by atoms with van der Waals surface area (Å²) >= 11 is 0. The van der Waals surface area contributed by atoms with E-state index in [2.05, 4.69) is 17.1 Å². The van der Waals surface area contributed by atoms with E-state index in [0.717, 1.165) is 17.2 Å². The molecule has 0 bridgehead atoms. The molecule has 19 heavy (non-hydrogen) atoms. The summed E-state index contributed by atoms with van der Waals surface area (Å²) in [6.07, 6.45) is 13.0. The Kier molecular flexibility index (Phi) is 5.55. The third-order valence-corrected chi connectivity index (χ3v) is 3.80. The van der Waals surface area contributed by atoms with E-state index in [1.54, 1.807) is 6.20 Å². The molecular formula is C16H24N2O. The van der Waals surface area contributed by atoms with Gasteiger partial charge in [-0.2, -0.15) is 0 Å². The lowest BCUT2D eigenvalue weighted by Crippen LogP contribution is -2.08. The highest BCUT2D eigenvalue weighted by Gasteiger charge is 2.10. The fourth-order valence-electron chi connectivity index (χ4n) is 2.63. The molecular weight excluding hydrogens is 236 g/mol. The zero-order chi connectivity index (χ0) is 13.5. The Balaban J connectivity index is 1.99. The summed E-state index contributed by atoms with van der Waals surface area (Å²) in [5.41, 5.74) is 7.30. The molecule has 104 valence electrons. The third-order valence-electron chi connectivity index (χ3n) is 3.80. The smallest absolute Gasteiger partial charge is 0.0972 e. The van der Waals surface area contributed by atoms with Crippen LogP contribution in [0.2, 0.25) is 0 Å². The number of allylic oxidation sites excluding steroid dienone is 1. The second kappa shape index (κ2) is 7.41. The maximum Gasteiger partial charge on any atom is 0.0972 e. The lowest BCUT2D eigenvalue weighted by Gasteiger charge is -2.17. The minimum atomic E-state index is -0.548. The van der Waals surface area contributed by atoms with Crippen LogP contribution in [0.15, 0.2) is 24.4 Å². The average molecular weight is 260 g/mol. The van der Waals surface area contributed by atoms with Crippen LogP contribution in [0.4, 0.5) is 0 Å². The van der Waals surface area contributed by atoms with Crippen LogP contribution in [0, 0.1) is 5.92 Å². The van der Waals surface area contributed by atoms with E-state index >= 15 is 0 Å². The minimum absolute atomic E-state index is 0.477. The summed E-state index contributed by atoms with van der Waals surface area (Å²) in [6, 6.07) is 3.94. The summed E-state index contributed by atoms with van der Waals surface area (Å²) in [6.45, 7) is 0.477. The van der Waals surface area contributed by atoms with Gasteiger partial charge in [0.15, 0.2) is 0 Å². The number of rotatable bonds is 5. The van der Waals surface area contributed by atoms with E-state index < -0.39 is 6.10 Å². The summed E-state index contributed by atoms with van der Waals surface area (Å²) in [5.74, 6) is 0.722. The van der Waals surface area contributed by atoms with Crippen molar-refractivity contribution in [3.05, 3.63) is 35.7 Å². The highest BCUT2D eigenvalue weighted by atomic mass is 16.3. The third kappa shape index (κ3) is 4.44. The first-order valence-electron chi connectivity index (χ1n) is 7.32. The molecule has 1 unspecified atom stereocenters. The van der Waals surface area contributed by atoms with Crippen LogP contribution in [0.25, 0.3) is 6.08 Å². The van der Waals surface area contributed by atoms with Crippen LogP contribution in [0.3, 0.4) is 0 Å². The fourth-order valence-corrected chi connectivity index (χ4v) is 2.63. The van der Waals surface area contributed by atoms with Gasteiger partial charge in [0.2, 0.25) is 0 Å². The van der Waals surface area contributed by atoms with Crippen molar-refractivity contribution in [1.82, 2.24) is 4.98 Å². The van der Waals surface area contributed by atoms with Crippen LogP contribution in [-0.2, 0) is 0 Å². The summed E-state index contributed by atoms with van der Waals surface area (Å²) < 4.78 is 0. The lowest BCUT2D eigenvalue weighted by atomic mass is 9.89. The second-order valence-corrected chi connectivity index (χ2v) is 5.36. The van der Waals surface area contributed by atoms with Crippen molar-refractivity contribution in [2.24, 2.45) is 11.7 Å². The molecule has 1 aromatic heterocycles. The van der Waals surface area contributed by atoms with E-state index in [1.807, 2.05) is 12.1 Å². The van der Waals surface area contributed by atoms with Crippen molar-refractivity contribution < 1.29 is 5.11 Å². The molecule has 0 saturated heterocycles. The second-order valence-electron chi connectivity index (χ2n) is 5.36. The summed E-state index contributed by atoms with van der Waals surface area (Å²) in [5, 5.41) is 9.90. The molecule has 1 aromatic rings. The molecule has 1 aliphatic carbocycles. The molecule has 3 heteroatoms. The largest absolute Gasteiger partial charge is 0.387 e. The van der Waals surface area contributed by atoms with Crippen LogP contribution >= 0.6 is 0 Å². The van der Waals surface area contributed by atoms with Gasteiger partial charge in [-0.05, 0) is 49.4 Å². The Labute approximate surface area is 115 Å². The number of pyridine rings is 1. The van der Waals surface area contributed by atoms with Crippen LogP contribution in [-0.4, -0.2) is 16.6 Å². The Morgan fingerprint density at radius 1 is 1.37 bits per heavy atom. The van der Waals surface area contributed by atoms with Crippen LogP contribution < -0.4 is 5.73 Å². The van der Waals surface area contributed by atoms with Gasteiger partial charge in [-0.1, -0.05) is 31.4 Å². The topological polar surface area (TPSA) is 59.1 Å². The Morgan fingerprint density at radius 2 is 2.16 bits per heavy atom. The number of hydrogen-bond donors (Lipinski definition) is 2. The van der Waals surface area contributed by atoms with E-state index in [-0.39, 0.29) is 0 Å². The molecule has 1 heterocycles. The molecule has 0 aliphatic heterocycles. The Bertz CT molecular complexity index is 411. The highest BCUT2D eigenvalue weighted by molar-refractivity contribution is 5.49. The van der Waals surface area contributed by atoms with Crippen molar-refractivity contribution in [3.8, 4) is 0 Å². The van der Waals surface area contributed by atoms with Gasteiger partial charge in [0, 0.05) is 6.20 Å². The zero-order valence-electron chi connectivity index (χ0n) is 11.5. The SMILES string of the molecule is NCCC(O)c1cc(C=CC2CCCCC2)ccn1. The molecule has 0 radical (unpaired) electrons. The molecule has 0 amide bonds. The molecule has 0 aromatic carbocycles.